The summed E-state index contributed by atoms with van der Waals surface area (Å²) >= 11 is 0. The Kier molecular flexibility index (Phi) is 6.16. The van der Waals surface area contributed by atoms with E-state index in [0.717, 1.165) is 37.2 Å². The molecule has 0 aliphatic rings. The van der Waals surface area contributed by atoms with E-state index in [-0.39, 0.29) is 5.82 Å². The van der Waals surface area contributed by atoms with Crippen LogP contribution < -0.4 is 5.32 Å². The Morgan fingerprint density at radius 2 is 2.06 bits per heavy atom. The first-order valence-corrected chi connectivity index (χ1v) is 6.27. The molecule has 96 valence electrons. The van der Waals surface area contributed by atoms with E-state index in [1.165, 1.54) is 0 Å². The van der Waals surface area contributed by atoms with Crippen LogP contribution in [0.3, 0.4) is 0 Å². The van der Waals surface area contributed by atoms with E-state index >= 15 is 0 Å². The van der Waals surface area contributed by atoms with Gasteiger partial charge in [-0.3, -0.25) is 0 Å². The summed E-state index contributed by atoms with van der Waals surface area (Å²) in [6.07, 6.45) is 1.15. The number of hydrogen-bond acceptors (Lipinski definition) is 2. The highest BCUT2D eigenvalue weighted by Gasteiger charge is 2.05. The first-order chi connectivity index (χ1) is 8.13. The molecule has 1 rings (SSSR count). The fourth-order valence-electron chi connectivity index (χ4n) is 1.72. The quantitative estimate of drug-likeness (QED) is 0.734. The highest BCUT2D eigenvalue weighted by Crippen LogP contribution is 2.11. The molecule has 0 aliphatic heterocycles. The molecule has 0 saturated carbocycles. The molecule has 0 unspecified atom stereocenters. The first-order valence-electron chi connectivity index (χ1n) is 6.27. The van der Waals surface area contributed by atoms with Gasteiger partial charge in [0.05, 0.1) is 0 Å². The van der Waals surface area contributed by atoms with Gasteiger partial charge in [-0.05, 0) is 38.6 Å². The molecular formula is C14H23FN2. The molecule has 0 fully saturated rings. The van der Waals surface area contributed by atoms with E-state index in [1.807, 2.05) is 26.1 Å². The van der Waals surface area contributed by atoms with Gasteiger partial charge >= 0.3 is 0 Å². The molecule has 1 aromatic rings. The van der Waals surface area contributed by atoms with E-state index in [0.29, 0.717) is 6.54 Å². The number of halogens is 1. The van der Waals surface area contributed by atoms with Gasteiger partial charge in [-0.2, -0.15) is 0 Å². The third-order valence-electron chi connectivity index (χ3n) is 2.75. The van der Waals surface area contributed by atoms with Crippen molar-refractivity contribution in [2.75, 3.05) is 26.7 Å². The average molecular weight is 238 g/mol. The van der Waals surface area contributed by atoms with Crippen molar-refractivity contribution >= 4 is 0 Å². The molecule has 0 aromatic heterocycles. The SMILES string of the molecule is CCCNCCN(C)Cc1ccc(C)cc1F. The molecule has 0 aliphatic carbocycles. The van der Waals surface area contributed by atoms with Crippen molar-refractivity contribution in [2.45, 2.75) is 26.8 Å². The molecule has 0 spiro atoms. The van der Waals surface area contributed by atoms with Crippen molar-refractivity contribution < 1.29 is 4.39 Å². The van der Waals surface area contributed by atoms with E-state index in [9.17, 15) is 4.39 Å². The molecule has 0 amide bonds. The molecule has 3 heteroatoms. The van der Waals surface area contributed by atoms with Gasteiger partial charge in [-0.15, -0.1) is 0 Å². The van der Waals surface area contributed by atoms with E-state index in [4.69, 9.17) is 0 Å². The summed E-state index contributed by atoms with van der Waals surface area (Å²) in [4.78, 5) is 2.14. The van der Waals surface area contributed by atoms with E-state index < -0.39 is 0 Å². The van der Waals surface area contributed by atoms with Crippen molar-refractivity contribution in [2.24, 2.45) is 0 Å². The maximum Gasteiger partial charge on any atom is 0.127 e. The molecule has 1 N–H and O–H groups in total. The normalized spacial score (nSPS) is 11.1. The summed E-state index contributed by atoms with van der Waals surface area (Å²) in [5, 5.41) is 3.34. The summed E-state index contributed by atoms with van der Waals surface area (Å²) < 4.78 is 13.6. The lowest BCUT2D eigenvalue weighted by atomic mass is 10.1. The minimum atomic E-state index is -0.0987. The zero-order valence-corrected chi connectivity index (χ0v) is 11.1. The lowest BCUT2D eigenvalue weighted by Gasteiger charge is -2.17. The number of hydrogen-bond donors (Lipinski definition) is 1. The van der Waals surface area contributed by atoms with Gasteiger partial charge in [-0.1, -0.05) is 19.1 Å². The monoisotopic (exact) mass is 238 g/mol. The summed E-state index contributed by atoms with van der Waals surface area (Å²) in [6.45, 7) is 7.67. The predicted octanol–water partition coefficient (Wildman–Crippen LogP) is 2.57. The Bertz CT molecular complexity index is 339. The van der Waals surface area contributed by atoms with Gasteiger partial charge in [0.25, 0.3) is 0 Å². The Labute approximate surface area is 104 Å². The number of nitrogens with zero attached hydrogens (tertiary/aromatic N) is 1. The third-order valence-corrected chi connectivity index (χ3v) is 2.75. The molecule has 2 nitrogen and oxygen atoms in total. The smallest absolute Gasteiger partial charge is 0.127 e. The van der Waals surface area contributed by atoms with Crippen LogP contribution in [0.5, 0.6) is 0 Å². The largest absolute Gasteiger partial charge is 0.315 e. The highest BCUT2D eigenvalue weighted by molar-refractivity contribution is 5.23. The van der Waals surface area contributed by atoms with E-state index in [1.54, 1.807) is 6.07 Å². The van der Waals surface area contributed by atoms with Crippen LogP contribution >= 0.6 is 0 Å². The van der Waals surface area contributed by atoms with Crippen LogP contribution in [0.4, 0.5) is 4.39 Å². The summed E-state index contributed by atoms with van der Waals surface area (Å²) in [5.41, 5.74) is 1.74. The maximum atomic E-state index is 13.6. The van der Waals surface area contributed by atoms with Gasteiger partial charge in [0.15, 0.2) is 0 Å². The average Bonchev–Trinajstić information content (AvgIpc) is 2.28. The van der Waals surface area contributed by atoms with Crippen LogP contribution in [0, 0.1) is 12.7 Å². The Morgan fingerprint density at radius 1 is 1.29 bits per heavy atom. The molecule has 1 aromatic carbocycles. The number of aryl methyl sites for hydroxylation is 1. The van der Waals surface area contributed by atoms with Gasteiger partial charge in [0, 0.05) is 25.2 Å². The van der Waals surface area contributed by atoms with E-state index in [2.05, 4.69) is 17.1 Å². The lowest BCUT2D eigenvalue weighted by Crippen LogP contribution is -2.29. The van der Waals surface area contributed by atoms with Crippen molar-refractivity contribution in [3.05, 3.63) is 35.1 Å². The standard InChI is InChI=1S/C14H23FN2/c1-4-7-16-8-9-17(3)11-13-6-5-12(2)10-14(13)15/h5-6,10,16H,4,7-9,11H2,1-3H3. The van der Waals surface area contributed by atoms with Crippen molar-refractivity contribution in [3.63, 3.8) is 0 Å². The third kappa shape index (κ3) is 5.29. The molecule has 0 saturated heterocycles. The second-order valence-corrected chi connectivity index (χ2v) is 4.58. The van der Waals surface area contributed by atoms with Crippen molar-refractivity contribution in [1.82, 2.24) is 10.2 Å². The second kappa shape index (κ2) is 7.41. The van der Waals surface area contributed by atoms with Crippen LogP contribution in [0.25, 0.3) is 0 Å². The molecule has 0 radical (unpaired) electrons. The summed E-state index contributed by atoms with van der Waals surface area (Å²) in [5.74, 6) is -0.0987. The van der Waals surface area contributed by atoms with Gasteiger partial charge in [0.2, 0.25) is 0 Å². The van der Waals surface area contributed by atoms with Crippen LogP contribution in [-0.4, -0.2) is 31.6 Å². The Balaban J connectivity index is 2.37. The van der Waals surface area contributed by atoms with Gasteiger partial charge < -0.3 is 10.2 Å². The predicted molar refractivity (Wildman–Crippen MR) is 70.6 cm³/mol. The zero-order valence-electron chi connectivity index (χ0n) is 11.1. The minimum Gasteiger partial charge on any atom is -0.315 e. The highest BCUT2D eigenvalue weighted by atomic mass is 19.1. The Hall–Kier alpha value is -0.930. The van der Waals surface area contributed by atoms with Crippen molar-refractivity contribution in [1.29, 1.82) is 0 Å². The number of likely N-dealkylation sites (N-methyl/N-ethyl adjacent to an activating group) is 1. The molecule has 0 atom stereocenters. The summed E-state index contributed by atoms with van der Waals surface area (Å²) in [7, 11) is 2.02. The van der Waals surface area contributed by atoms with Crippen LogP contribution in [-0.2, 0) is 6.54 Å². The minimum absolute atomic E-state index is 0.0987. The van der Waals surface area contributed by atoms with Crippen LogP contribution in [0.1, 0.15) is 24.5 Å². The van der Waals surface area contributed by atoms with Crippen LogP contribution in [0.15, 0.2) is 18.2 Å². The molecular weight excluding hydrogens is 215 g/mol. The number of nitrogens with one attached hydrogen (secondary N) is 1. The summed E-state index contributed by atoms with van der Waals surface area (Å²) in [6, 6.07) is 5.43. The molecule has 0 bridgehead atoms. The Morgan fingerprint density at radius 3 is 2.71 bits per heavy atom. The number of benzene rings is 1. The maximum absolute atomic E-state index is 13.6. The van der Waals surface area contributed by atoms with Gasteiger partial charge in [0.1, 0.15) is 5.82 Å². The lowest BCUT2D eigenvalue weighted by molar-refractivity contribution is 0.319. The number of rotatable bonds is 7. The second-order valence-electron chi connectivity index (χ2n) is 4.58. The first kappa shape index (κ1) is 14.1. The molecule has 17 heavy (non-hydrogen) atoms. The van der Waals surface area contributed by atoms with Gasteiger partial charge in [-0.25, -0.2) is 4.39 Å². The molecule has 0 heterocycles. The fourth-order valence-corrected chi connectivity index (χ4v) is 1.72. The van der Waals surface area contributed by atoms with Crippen LogP contribution in [0.2, 0.25) is 0 Å². The van der Waals surface area contributed by atoms with Crippen molar-refractivity contribution in [3.8, 4) is 0 Å². The topological polar surface area (TPSA) is 15.3 Å². The fraction of sp³-hybridized carbons (Fsp3) is 0.571. The zero-order chi connectivity index (χ0) is 12.7.